The van der Waals surface area contributed by atoms with Crippen LogP contribution >= 0.6 is 0 Å². The van der Waals surface area contributed by atoms with Gasteiger partial charge in [-0.1, -0.05) is 0 Å². The minimum absolute atomic E-state index is 0.277. The number of carbonyl (C=O) groups is 1. The van der Waals surface area contributed by atoms with Crippen molar-refractivity contribution >= 4 is 17.3 Å². The number of hydrogen-bond donors (Lipinski definition) is 1. The third-order valence-electron chi connectivity index (χ3n) is 2.10. The zero-order chi connectivity index (χ0) is 11.8. The highest BCUT2D eigenvalue weighted by Gasteiger charge is 2.15. The Morgan fingerprint density at radius 3 is 2.81 bits per heavy atom. The van der Waals surface area contributed by atoms with Crippen molar-refractivity contribution in [2.45, 2.75) is 26.4 Å². The Bertz CT molecular complexity index is 523. The van der Waals surface area contributed by atoms with Gasteiger partial charge in [0.25, 0.3) is 0 Å². The normalized spacial score (nSPS) is 11.7. The number of pyridine rings is 1. The van der Waals surface area contributed by atoms with Crippen LogP contribution in [0, 0.1) is 0 Å². The van der Waals surface area contributed by atoms with E-state index in [1.807, 2.05) is 20.8 Å². The van der Waals surface area contributed by atoms with Gasteiger partial charge in [-0.3, -0.25) is 9.78 Å². The van der Waals surface area contributed by atoms with E-state index in [0.717, 1.165) is 11.8 Å². The Morgan fingerprint density at radius 2 is 2.19 bits per heavy atom. The highest BCUT2D eigenvalue weighted by molar-refractivity contribution is 5.96. The van der Waals surface area contributed by atoms with Gasteiger partial charge in [-0.15, -0.1) is 0 Å². The first-order chi connectivity index (χ1) is 7.51. The summed E-state index contributed by atoms with van der Waals surface area (Å²) >= 11 is 0. The minimum Gasteiger partial charge on any atom is -0.486 e. The second-order valence-corrected chi connectivity index (χ2v) is 4.61. The van der Waals surface area contributed by atoms with Gasteiger partial charge in [0.15, 0.2) is 6.29 Å². The molecule has 0 amide bonds. The van der Waals surface area contributed by atoms with Gasteiger partial charge < -0.3 is 9.72 Å². The van der Waals surface area contributed by atoms with Crippen LogP contribution in [0.25, 0.3) is 11.0 Å². The van der Waals surface area contributed by atoms with Crippen LogP contribution in [0.3, 0.4) is 0 Å². The molecule has 0 saturated carbocycles. The van der Waals surface area contributed by atoms with Crippen LogP contribution in [0.5, 0.6) is 5.75 Å². The Labute approximate surface area is 93.6 Å². The number of carbonyl (C=O) groups excluding carboxylic acids is 1. The van der Waals surface area contributed by atoms with Gasteiger partial charge in [0.2, 0.25) is 0 Å². The molecule has 0 bridgehead atoms. The van der Waals surface area contributed by atoms with E-state index < -0.39 is 0 Å². The molecular formula is C12H14N2O2. The van der Waals surface area contributed by atoms with E-state index in [1.54, 1.807) is 18.5 Å². The average Bonchev–Trinajstić information content (AvgIpc) is 2.59. The number of fused-ring (bicyclic) bond motifs is 1. The first-order valence-electron chi connectivity index (χ1n) is 5.11. The van der Waals surface area contributed by atoms with Gasteiger partial charge in [-0.2, -0.15) is 0 Å². The fraction of sp³-hybridized carbons (Fsp3) is 0.333. The van der Waals surface area contributed by atoms with Gasteiger partial charge in [0, 0.05) is 18.5 Å². The van der Waals surface area contributed by atoms with Crippen molar-refractivity contribution in [3.8, 4) is 5.75 Å². The molecule has 0 fully saturated rings. The highest BCUT2D eigenvalue weighted by Crippen LogP contribution is 2.27. The molecule has 0 aromatic carbocycles. The summed E-state index contributed by atoms with van der Waals surface area (Å²) in [7, 11) is 0. The first kappa shape index (κ1) is 10.7. The molecule has 2 aromatic rings. The molecule has 2 aromatic heterocycles. The SMILES string of the molecule is CC(C)(C)Oc1ccnc2c(C=O)c[nH]c12. The summed E-state index contributed by atoms with van der Waals surface area (Å²) in [5.41, 5.74) is 1.69. The number of nitrogens with zero attached hydrogens (tertiary/aromatic N) is 1. The maximum atomic E-state index is 10.8. The van der Waals surface area contributed by atoms with Crippen molar-refractivity contribution in [3.63, 3.8) is 0 Å². The molecule has 2 heterocycles. The van der Waals surface area contributed by atoms with Crippen LogP contribution in [0.15, 0.2) is 18.5 Å². The van der Waals surface area contributed by atoms with Crippen LogP contribution in [0.2, 0.25) is 0 Å². The van der Waals surface area contributed by atoms with E-state index in [9.17, 15) is 4.79 Å². The van der Waals surface area contributed by atoms with E-state index in [-0.39, 0.29) is 5.60 Å². The van der Waals surface area contributed by atoms with Gasteiger partial charge in [-0.05, 0) is 20.8 Å². The van der Waals surface area contributed by atoms with Crippen molar-refractivity contribution in [2.24, 2.45) is 0 Å². The third kappa shape index (κ3) is 1.91. The molecule has 0 spiro atoms. The molecule has 0 aliphatic heterocycles. The molecule has 4 nitrogen and oxygen atoms in total. The fourth-order valence-electron chi connectivity index (χ4n) is 1.53. The number of ether oxygens (including phenoxy) is 1. The van der Waals surface area contributed by atoms with Crippen LogP contribution in [-0.4, -0.2) is 21.9 Å². The topological polar surface area (TPSA) is 55.0 Å². The van der Waals surface area contributed by atoms with E-state index in [4.69, 9.17) is 4.74 Å². The number of aldehydes is 1. The lowest BCUT2D eigenvalue weighted by molar-refractivity contribution is 0.112. The molecule has 0 aliphatic carbocycles. The Morgan fingerprint density at radius 1 is 1.44 bits per heavy atom. The molecule has 0 radical (unpaired) electrons. The van der Waals surface area contributed by atoms with Crippen molar-refractivity contribution in [2.75, 3.05) is 0 Å². The largest absolute Gasteiger partial charge is 0.486 e. The van der Waals surface area contributed by atoms with Gasteiger partial charge in [-0.25, -0.2) is 0 Å². The monoisotopic (exact) mass is 218 g/mol. The van der Waals surface area contributed by atoms with Crippen LogP contribution in [-0.2, 0) is 0 Å². The zero-order valence-electron chi connectivity index (χ0n) is 9.57. The highest BCUT2D eigenvalue weighted by atomic mass is 16.5. The Balaban J connectivity index is 2.54. The van der Waals surface area contributed by atoms with Crippen LogP contribution in [0.1, 0.15) is 31.1 Å². The van der Waals surface area contributed by atoms with Crippen molar-refractivity contribution < 1.29 is 9.53 Å². The summed E-state index contributed by atoms with van der Waals surface area (Å²) in [6.07, 6.45) is 4.07. The van der Waals surface area contributed by atoms with Crippen LogP contribution in [0.4, 0.5) is 0 Å². The minimum atomic E-state index is -0.277. The van der Waals surface area contributed by atoms with E-state index >= 15 is 0 Å². The molecule has 4 heteroatoms. The quantitative estimate of drug-likeness (QED) is 0.788. The number of hydrogen-bond acceptors (Lipinski definition) is 3. The molecular weight excluding hydrogens is 204 g/mol. The second kappa shape index (κ2) is 3.63. The molecule has 0 atom stereocenters. The lowest BCUT2D eigenvalue weighted by Gasteiger charge is -2.21. The van der Waals surface area contributed by atoms with E-state index in [0.29, 0.717) is 16.8 Å². The van der Waals surface area contributed by atoms with Gasteiger partial charge >= 0.3 is 0 Å². The summed E-state index contributed by atoms with van der Waals surface area (Å²) in [6.45, 7) is 5.93. The molecule has 0 aliphatic rings. The first-order valence-corrected chi connectivity index (χ1v) is 5.11. The summed E-state index contributed by atoms with van der Waals surface area (Å²) in [5.74, 6) is 0.714. The summed E-state index contributed by atoms with van der Waals surface area (Å²) < 4.78 is 5.79. The molecule has 2 rings (SSSR count). The lowest BCUT2D eigenvalue weighted by atomic mass is 10.2. The van der Waals surface area contributed by atoms with Gasteiger partial charge in [0.05, 0.1) is 5.56 Å². The Kier molecular flexibility index (Phi) is 2.42. The molecule has 0 saturated heterocycles. The summed E-state index contributed by atoms with van der Waals surface area (Å²) in [5, 5.41) is 0. The van der Waals surface area contributed by atoms with Crippen molar-refractivity contribution in [1.82, 2.24) is 9.97 Å². The third-order valence-corrected chi connectivity index (χ3v) is 2.10. The number of aromatic amines is 1. The van der Waals surface area contributed by atoms with Crippen molar-refractivity contribution in [1.29, 1.82) is 0 Å². The Hall–Kier alpha value is -1.84. The number of nitrogens with one attached hydrogen (secondary N) is 1. The molecule has 0 unspecified atom stereocenters. The zero-order valence-corrected chi connectivity index (χ0v) is 9.57. The summed E-state index contributed by atoms with van der Waals surface area (Å²) in [6, 6.07) is 1.79. The predicted octanol–water partition coefficient (Wildman–Crippen LogP) is 2.55. The molecule has 84 valence electrons. The smallest absolute Gasteiger partial charge is 0.153 e. The van der Waals surface area contributed by atoms with E-state index in [1.165, 1.54) is 0 Å². The average molecular weight is 218 g/mol. The summed E-state index contributed by atoms with van der Waals surface area (Å²) in [4.78, 5) is 17.9. The van der Waals surface area contributed by atoms with Gasteiger partial charge in [0.1, 0.15) is 22.4 Å². The van der Waals surface area contributed by atoms with Crippen LogP contribution < -0.4 is 4.74 Å². The standard InChI is InChI=1S/C12H14N2O2/c1-12(2,3)16-9-4-5-13-10-8(7-15)6-14-11(9)10/h4-7,14H,1-3H3. The fourth-order valence-corrected chi connectivity index (χ4v) is 1.53. The second-order valence-electron chi connectivity index (χ2n) is 4.61. The van der Waals surface area contributed by atoms with E-state index in [2.05, 4.69) is 9.97 Å². The lowest BCUT2D eigenvalue weighted by Crippen LogP contribution is -2.23. The number of H-pyrrole nitrogens is 1. The maximum absolute atomic E-state index is 10.8. The maximum Gasteiger partial charge on any atom is 0.153 e. The number of aromatic nitrogens is 2. The van der Waals surface area contributed by atoms with Crippen molar-refractivity contribution in [3.05, 3.63) is 24.0 Å². The predicted molar refractivity (Wildman–Crippen MR) is 61.9 cm³/mol. The molecule has 16 heavy (non-hydrogen) atoms. The molecule has 1 N–H and O–H groups in total. The number of rotatable bonds is 2.